The van der Waals surface area contributed by atoms with Crippen molar-refractivity contribution in [2.75, 3.05) is 7.11 Å². The first-order valence-corrected chi connectivity index (χ1v) is 8.30. The van der Waals surface area contributed by atoms with Crippen molar-refractivity contribution >= 4 is 5.91 Å². The number of nitrogens with zero attached hydrogens (tertiary/aromatic N) is 5. The Morgan fingerprint density at radius 2 is 2.04 bits per heavy atom. The number of rotatable bonds is 6. The number of methoxy groups -OCH3 is 1. The lowest BCUT2D eigenvalue weighted by atomic mass is 10.2. The minimum atomic E-state index is -0.265. The third-order valence-electron chi connectivity index (χ3n) is 4.28. The molecule has 0 bridgehead atoms. The van der Waals surface area contributed by atoms with Crippen molar-refractivity contribution in [1.29, 1.82) is 0 Å². The minimum Gasteiger partial charge on any atom is -0.497 e. The molecule has 0 spiro atoms. The Labute approximate surface area is 151 Å². The van der Waals surface area contributed by atoms with Gasteiger partial charge in [0.15, 0.2) is 5.69 Å². The molecule has 136 valence electrons. The SMILES string of the molecule is COc1ccc(Cn2nnc(C(=O)N[C@@H](C)c3nccn3C)c2C)cc1. The van der Waals surface area contributed by atoms with E-state index in [1.807, 2.05) is 55.9 Å². The van der Waals surface area contributed by atoms with Gasteiger partial charge in [-0.25, -0.2) is 9.67 Å². The highest BCUT2D eigenvalue weighted by atomic mass is 16.5. The van der Waals surface area contributed by atoms with E-state index in [1.54, 1.807) is 18.0 Å². The van der Waals surface area contributed by atoms with Gasteiger partial charge in [0, 0.05) is 19.4 Å². The molecule has 2 aromatic heterocycles. The van der Waals surface area contributed by atoms with Crippen LogP contribution in [0.15, 0.2) is 36.7 Å². The van der Waals surface area contributed by atoms with Crippen LogP contribution in [0, 0.1) is 6.92 Å². The summed E-state index contributed by atoms with van der Waals surface area (Å²) in [5.41, 5.74) is 2.08. The summed E-state index contributed by atoms with van der Waals surface area (Å²) in [6, 6.07) is 7.48. The molecule has 3 rings (SSSR count). The molecule has 1 amide bonds. The number of hydrogen-bond acceptors (Lipinski definition) is 5. The highest BCUT2D eigenvalue weighted by Crippen LogP contribution is 2.14. The predicted molar refractivity (Wildman–Crippen MR) is 95.9 cm³/mol. The van der Waals surface area contributed by atoms with Crippen molar-refractivity contribution in [1.82, 2.24) is 29.9 Å². The van der Waals surface area contributed by atoms with Crippen molar-refractivity contribution < 1.29 is 9.53 Å². The van der Waals surface area contributed by atoms with Gasteiger partial charge >= 0.3 is 0 Å². The van der Waals surface area contributed by atoms with Crippen LogP contribution in [0.5, 0.6) is 5.75 Å². The molecule has 0 aliphatic heterocycles. The summed E-state index contributed by atoms with van der Waals surface area (Å²) in [5, 5.41) is 11.1. The minimum absolute atomic E-state index is 0.228. The second kappa shape index (κ2) is 7.38. The lowest BCUT2D eigenvalue weighted by Crippen LogP contribution is -2.29. The van der Waals surface area contributed by atoms with Crippen LogP contribution in [-0.2, 0) is 13.6 Å². The van der Waals surface area contributed by atoms with Gasteiger partial charge in [0.25, 0.3) is 5.91 Å². The van der Waals surface area contributed by atoms with E-state index in [-0.39, 0.29) is 11.9 Å². The zero-order valence-corrected chi connectivity index (χ0v) is 15.3. The second-order valence-electron chi connectivity index (χ2n) is 6.12. The van der Waals surface area contributed by atoms with Gasteiger partial charge in [-0.3, -0.25) is 4.79 Å². The standard InChI is InChI=1S/C18H22N6O2/c1-12(17-19-9-10-23(17)3)20-18(25)16-13(2)24(22-21-16)11-14-5-7-15(26-4)8-6-14/h5-10,12H,11H2,1-4H3,(H,20,25)/t12-/m0/s1. The molecule has 26 heavy (non-hydrogen) atoms. The van der Waals surface area contributed by atoms with Gasteiger partial charge in [0.1, 0.15) is 11.6 Å². The van der Waals surface area contributed by atoms with E-state index >= 15 is 0 Å². The zero-order chi connectivity index (χ0) is 18.7. The highest BCUT2D eigenvalue weighted by Gasteiger charge is 2.20. The van der Waals surface area contributed by atoms with Crippen molar-refractivity contribution in [3.05, 3.63) is 59.4 Å². The van der Waals surface area contributed by atoms with E-state index in [4.69, 9.17) is 4.74 Å². The quantitative estimate of drug-likeness (QED) is 0.730. The number of nitrogens with one attached hydrogen (secondary N) is 1. The molecule has 0 aliphatic rings. The number of carbonyl (C=O) groups is 1. The number of carbonyl (C=O) groups excluding carboxylic acids is 1. The Bertz CT molecular complexity index is 897. The summed E-state index contributed by atoms with van der Waals surface area (Å²) in [5.74, 6) is 1.31. The van der Waals surface area contributed by atoms with Gasteiger partial charge < -0.3 is 14.6 Å². The highest BCUT2D eigenvalue weighted by molar-refractivity contribution is 5.93. The Hall–Kier alpha value is -3.16. The van der Waals surface area contributed by atoms with Crippen molar-refractivity contribution in [2.24, 2.45) is 7.05 Å². The number of hydrogen-bond donors (Lipinski definition) is 1. The molecule has 3 aromatic rings. The predicted octanol–water partition coefficient (Wildman–Crippen LogP) is 1.87. The Kier molecular flexibility index (Phi) is 5.01. The number of benzene rings is 1. The van der Waals surface area contributed by atoms with Crippen LogP contribution in [0.4, 0.5) is 0 Å². The van der Waals surface area contributed by atoms with Crippen LogP contribution in [0.1, 0.15) is 40.5 Å². The summed E-state index contributed by atoms with van der Waals surface area (Å²) in [6.07, 6.45) is 3.54. The average molecular weight is 354 g/mol. The Morgan fingerprint density at radius 1 is 1.31 bits per heavy atom. The molecule has 0 saturated carbocycles. The van der Waals surface area contributed by atoms with Crippen LogP contribution >= 0.6 is 0 Å². The van der Waals surface area contributed by atoms with E-state index in [9.17, 15) is 4.79 Å². The maximum atomic E-state index is 12.6. The molecule has 0 fully saturated rings. The van der Waals surface area contributed by atoms with Gasteiger partial charge in [0.2, 0.25) is 0 Å². The molecule has 1 N–H and O–H groups in total. The van der Waals surface area contributed by atoms with Gasteiger partial charge in [-0.2, -0.15) is 0 Å². The third kappa shape index (κ3) is 3.58. The van der Waals surface area contributed by atoms with Gasteiger partial charge in [-0.1, -0.05) is 17.3 Å². The number of amides is 1. The number of aryl methyl sites for hydroxylation is 1. The van der Waals surface area contributed by atoms with Crippen LogP contribution in [0.2, 0.25) is 0 Å². The fourth-order valence-corrected chi connectivity index (χ4v) is 2.75. The van der Waals surface area contributed by atoms with Gasteiger partial charge in [-0.05, 0) is 31.5 Å². The first-order chi connectivity index (χ1) is 12.5. The molecule has 0 unspecified atom stereocenters. The van der Waals surface area contributed by atoms with Crippen molar-refractivity contribution in [3.63, 3.8) is 0 Å². The summed E-state index contributed by atoms with van der Waals surface area (Å²) in [7, 11) is 3.52. The van der Waals surface area contributed by atoms with Crippen molar-refractivity contribution in [3.8, 4) is 5.75 Å². The molecular weight excluding hydrogens is 332 g/mol. The summed E-state index contributed by atoms with van der Waals surface area (Å²) >= 11 is 0. The number of ether oxygens (including phenoxy) is 1. The van der Waals surface area contributed by atoms with E-state index in [0.717, 1.165) is 17.1 Å². The lowest BCUT2D eigenvalue weighted by Gasteiger charge is -2.13. The molecule has 0 aliphatic carbocycles. The van der Waals surface area contributed by atoms with Crippen LogP contribution < -0.4 is 10.1 Å². The largest absolute Gasteiger partial charge is 0.497 e. The van der Waals surface area contributed by atoms with E-state index in [2.05, 4.69) is 20.6 Å². The van der Waals surface area contributed by atoms with Crippen LogP contribution in [-0.4, -0.2) is 37.6 Å². The first-order valence-electron chi connectivity index (χ1n) is 8.30. The topological polar surface area (TPSA) is 86.9 Å². The third-order valence-corrected chi connectivity index (χ3v) is 4.28. The monoisotopic (exact) mass is 354 g/mol. The molecule has 0 radical (unpaired) electrons. The lowest BCUT2D eigenvalue weighted by molar-refractivity contribution is 0.0932. The summed E-state index contributed by atoms with van der Waals surface area (Å²) in [4.78, 5) is 16.8. The normalized spacial score (nSPS) is 12.0. The molecule has 1 aromatic carbocycles. The molecular formula is C18H22N6O2. The first kappa shape index (κ1) is 17.7. The Balaban J connectivity index is 1.71. The summed E-state index contributed by atoms with van der Waals surface area (Å²) in [6.45, 7) is 4.26. The smallest absolute Gasteiger partial charge is 0.274 e. The van der Waals surface area contributed by atoms with Crippen LogP contribution in [0.25, 0.3) is 0 Å². The maximum Gasteiger partial charge on any atom is 0.274 e. The molecule has 8 heteroatoms. The zero-order valence-electron chi connectivity index (χ0n) is 15.3. The molecule has 1 atom stereocenters. The Morgan fingerprint density at radius 3 is 2.65 bits per heavy atom. The fraction of sp³-hybridized carbons (Fsp3) is 0.333. The fourth-order valence-electron chi connectivity index (χ4n) is 2.75. The average Bonchev–Trinajstić information content (AvgIpc) is 3.22. The molecule has 8 nitrogen and oxygen atoms in total. The van der Waals surface area contributed by atoms with Crippen molar-refractivity contribution in [2.45, 2.75) is 26.4 Å². The van der Waals surface area contributed by atoms with Gasteiger partial charge in [-0.15, -0.1) is 5.10 Å². The van der Waals surface area contributed by atoms with E-state index in [1.165, 1.54) is 0 Å². The van der Waals surface area contributed by atoms with E-state index in [0.29, 0.717) is 17.9 Å². The van der Waals surface area contributed by atoms with Gasteiger partial charge in [0.05, 0.1) is 25.4 Å². The molecule has 0 saturated heterocycles. The van der Waals surface area contributed by atoms with Crippen LogP contribution in [0.3, 0.4) is 0 Å². The number of aromatic nitrogens is 5. The number of imidazole rings is 1. The van der Waals surface area contributed by atoms with E-state index < -0.39 is 0 Å². The summed E-state index contributed by atoms with van der Waals surface area (Å²) < 4.78 is 8.74. The maximum absolute atomic E-state index is 12.6. The molecule has 2 heterocycles. The second-order valence-corrected chi connectivity index (χ2v) is 6.12.